The van der Waals surface area contributed by atoms with Crippen molar-refractivity contribution in [1.82, 2.24) is 15.0 Å². The van der Waals surface area contributed by atoms with Crippen LogP contribution in [0.2, 0.25) is 5.02 Å². The van der Waals surface area contributed by atoms with Crippen molar-refractivity contribution in [2.24, 2.45) is 0 Å². The molecule has 142 valence electrons. The van der Waals surface area contributed by atoms with Crippen molar-refractivity contribution in [3.05, 3.63) is 82.6 Å². The maximum atomic E-state index is 12.4. The Kier molecular flexibility index (Phi) is 5.17. The highest BCUT2D eigenvalue weighted by atomic mass is 35.5. The topological polar surface area (TPSA) is 87.7 Å². The van der Waals surface area contributed by atoms with Crippen LogP contribution in [-0.4, -0.2) is 23.4 Å². The van der Waals surface area contributed by atoms with E-state index in [0.717, 1.165) is 16.8 Å². The molecule has 9 heteroatoms. The Morgan fingerprint density at radius 2 is 1.93 bits per heavy atom. The molecule has 0 spiro atoms. The first kappa shape index (κ1) is 18.7. The number of rotatable bonds is 6. The molecule has 0 saturated heterocycles. The van der Waals surface area contributed by atoms with Gasteiger partial charge in [-0.15, -0.1) is 11.3 Å². The largest absolute Gasteiger partial charge is 0.342 e. The molecule has 0 saturated carbocycles. The van der Waals surface area contributed by atoms with Crippen molar-refractivity contribution in [3.8, 4) is 11.4 Å². The first-order valence-electron chi connectivity index (χ1n) is 8.31. The molecule has 2 N–H and O–H groups in total. The van der Waals surface area contributed by atoms with Gasteiger partial charge in [0.05, 0.1) is 4.90 Å². The lowest BCUT2D eigenvalue weighted by atomic mass is 10.1. The number of aromatic nitrogens is 3. The average Bonchev–Trinajstić information content (AvgIpc) is 3.34. The number of nitrogens with one attached hydrogen (secondary N) is 2. The molecule has 0 unspecified atom stereocenters. The highest BCUT2D eigenvalue weighted by Crippen LogP contribution is 2.22. The number of benzene rings is 2. The lowest BCUT2D eigenvalue weighted by molar-refractivity contribution is 0.601. The highest BCUT2D eigenvalue weighted by molar-refractivity contribution is 7.93. The molecule has 0 bridgehead atoms. The number of hydrogen-bond donors (Lipinski definition) is 2. The molecule has 0 aliphatic carbocycles. The van der Waals surface area contributed by atoms with Gasteiger partial charge in [-0.2, -0.15) is 0 Å². The van der Waals surface area contributed by atoms with Gasteiger partial charge in [-0.25, -0.2) is 18.4 Å². The minimum absolute atomic E-state index is 0.164. The van der Waals surface area contributed by atoms with Gasteiger partial charge in [0.1, 0.15) is 5.82 Å². The third-order valence-electron chi connectivity index (χ3n) is 4.00. The molecular formula is C19H15ClN4O2S2. The van der Waals surface area contributed by atoms with Gasteiger partial charge in [0.2, 0.25) is 0 Å². The lowest BCUT2D eigenvalue weighted by Crippen LogP contribution is -2.12. The molecule has 28 heavy (non-hydrogen) atoms. The monoisotopic (exact) mass is 430 g/mol. The van der Waals surface area contributed by atoms with Gasteiger partial charge in [0, 0.05) is 40.5 Å². The van der Waals surface area contributed by atoms with Crippen LogP contribution < -0.4 is 4.72 Å². The van der Waals surface area contributed by atoms with Crippen molar-refractivity contribution in [2.45, 2.75) is 11.3 Å². The van der Waals surface area contributed by atoms with Gasteiger partial charge < -0.3 is 4.98 Å². The zero-order chi connectivity index (χ0) is 19.6. The van der Waals surface area contributed by atoms with Crippen LogP contribution in [0.25, 0.3) is 11.4 Å². The Bertz CT molecular complexity index is 1190. The number of imidazole rings is 1. The molecule has 2 aromatic carbocycles. The lowest BCUT2D eigenvalue weighted by Gasteiger charge is -2.05. The minimum Gasteiger partial charge on any atom is -0.342 e. The molecule has 0 atom stereocenters. The summed E-state index contributed by atoms with van der Waals surface area (Å²) in [7, 11) is -3.67. The van der Waals surface area contributed by atoms with Gasteiger partial charge in [0.25, 0.3) is 10.0 Å². The molecule has 0 radical (unpaired) electrons. The molecular weight excluding hydrogens is 416 g/mol. The average molecular weight is 431 g/mol. The molecule has 0 fully saturated rings. The summed E-state index contributed by atoms with van der Waals surface area (Å²) < 4.78 is 27.3. The van der Waals surface area contributed by atoms with Crippen molar-refractivity contribution in [1.29, 1.82) is 0 Å². The number of nitrogens with zero attached hydrogens (tertiary/aromatic N) is 2. The summed E-state index contributed by atoms with van der Waals surface area (Å²) in [6.45, 7) is 0. The summed E-state index contributed by atoms with van der Waals surface area (Å²) in [5, 5.41) is 2.74. The van der Waals surface area contributed by atoms with E-state index in [2.05, 4.69) is 19.7 Å². The zero-order valence-corrected chi connectivity index (χ0v) is 16.9. The second kappa shape index (κ2) is 7.75. The Labute approximate surface area is 171 Å². The fourth-order valence-electron chi connectivity index (χ4n) is 2.70. The van der Waals surface area contributed by atoms with Crippen LogP contribution in [0.4, 0.5) is 5.13 Å². The molecule has 4 rings (SSSR count). The molecule has 0 amide bonds. The van der Waals surface area contributed by atoms with Gasteiger partial charge >= 0.3 is 0 Å². The maximum absolute atomic E-state index is 12.4. The van der Waals surface area contributed by atoms with Crippen LogP contribution >= 0.6 is 22.9 Å². The summed E-state index contributed by atoms with van der Waals surface area (Å²) in [6.07, 6.45) is 3.99. The molecule has 4 aromatic rings. The van der Waals surface area contributed by atoms with Gasteiger partial charge in [-0.05, 0) is 42.0 Å². The van der Waals surface area contributed by atoms with E-state index in [1.54, 1.807) is 42.0 Å². The number of anilines is 1. The predicted molar refractivity (Wildman–Crippen MR) is 111 cm³/mol. The summed E-state index contributed by atoms with van der Waals surface area (Å²) in [6, 6.07) is 14.2. The Hall–Kier alpha value is -2.68. The van der Waals surface area contributed by atoms with Crippen LogP contribution in [0.1, 0.15) is 11.3 Å². The number of thiazole rings is 1. The van der Waals surface area contributed by atoms with Gasteiger partial charge in [0.15, 0.2) is 5.13 Å². The van der Waals surface area contributed by atoms with E-state index in [1.165, 1.54) is 11.3 Å². The van der Waals surface area contributed by atoms with E-state index in [9.17, 15) is 8.42 Å². The summed E-state index contributed by atoms with van der Waals surface area (Å²) >= 11 is 7.25. The molecule has 6 nitrogen and oxygen atoms in total. The fourth-order valence-corrected chi connectivity index (χ4v) is 4.70. The number of hydrogen-bond acceptors (Lipinski definition) is 5. The van der Waals surface area contributed by atoms with Crippen molar-refractivity contribution < 1.29 is 8.42 Å². The van der Waals surface area contributed by atoms with Crippen LogP contribution in [0.15, 0.2) is 71.2 Å². The van der Waals surface area contributed by atoms with Crippen molar-refractivity contribution in [2.75, 3.05) is 4.72 Å². The number of sulfonamides is 1. The van der Waals surface area contributed by atoms with E-state index in [0.29, 0.717) is 22.4 Å². The smallest absolute Gasteiger partial charge is 0.263 e. The Balaban J connectivity index is 1.50. The quantitative estimate of drug-likeness (QED) is 0.468. The number of H-pyrrole nitrogens is 1. The second-order valence-electron chi connectivity index (χ2n) is 6.03. The van der Waals surface area contributed by atoms with E-state index in [4.69, 9.17) is 11.6 Å². The Morgan fingerprint density at radius 3 is 2.64 bits per heavy atom. The van der Waals surface area contributed by atoms with E-state index in [-0.39, 0.29) is 4.90 Å². The minimum atomic E-state index is -3.67. The zero-order valence-electron chi connectivity index (χ0n) is 14.5. The second-order valence-corrected chi connectivity index (χ2v) is 9.04. The molecule has 0 aliphatic heterocycles. The summed E-state index contributed by atoms with van der Waals surface area (Å²) in [4.78, 5) is 11.8. The van der Waals surface area contributed by atoms with Gasteiger partial charge in [-0.1, -0.05) is 23.7 Å². The molecule has 2 aromatic heterocycles. The van der Waals surface area contributed by atoms with Crippen LogP contribution in [0, 0.1) is 0 Å². The van der Waals surface area contributed by atoms with Crippen LogP contribution in [-0.2, 0) is 16.4 Å². The van der Waals surface area contributed by atoms with Crippen molar-refractivity contribution >= 4 is 38.1 Å². The number of aromatic amines is 1. The van der Waals surface area contributed by atoms with Gasteiger partial charge in [-0.3, -0.25) is 4.72 Å². The first-order chi connectivity index (χ1) is 13.5. The third-order valence-corrected chi connectivity index (χ3v) is 6.41. The highest BCUT2D eigenvalue weighted by Gasteiger charge is 2.16. The van der Waals surface area contributed by atoms with E-state index < -0.39 is 10.0 Å². The maximum Gasteiger partial charge on any atom is 0.263 e. The third kappa shape index (κ3) is 4.24. The molecule has 0 aliphatic rings. The normalized spacial score (nSPS) is 11.5. The predicted octanol–water partition coefficient (Wildman–Crippen LogP) is 4.58. The fraction of sp³-hybridized carbons (Fsp3) is 0.0526. The Morgan fingerprint density at radius 1 is 1.11 bits per heavy atom. The summed E-state index contributed by atoms with van der Waals surface area (Å²) in [5.74, 6) is 0.675. The SMILES string of the molecule is O=S(=O)(Nc1nccs1)c1ccc(-c2ncc(Cc3cccc(Cl)c3)[nH]2)cc1. The number of halogens is 1. The van der Waals surface area contributed by atoms with E-state index >= 15 is 0 Å². The molecule has 2 heterocycles. The van der Waals surface area contributed by atoms with Crippen LogP contribution in [0.5, 0.6) is 0 Å². The van der Waals surface area contributed by atoms with E-state index in [1.807, 2.05) is 24.3 Å². The first-order valence-corrected chi connectivity index (χ1v) is 11.0. The van der Waals surface area contributed by atoms with Crippen molar-refractivity contribution in [3.63, 3.8) is 0 Å². The summed E-state index contributed by atoms with van der Waals surface area (Å²) in [5.41, 5.74) is 2.82. The standard InChI is InChI=1S/C19H15ClN4O2S2/c20-15-3-1-2-13(10-15)11-16-12-22-18(23-16)14-4-6-17(7-5-14)28(25,26)24-19-21-8-9-27-19/h1-10,12H,11H2,(H,21,24)(H,22,23). The van der Waals surface area contributed by atoms with Crippen LogP contribution in [0.3, 0.4) is 0 Å².